The standard InChI is InChI=1S/C13H20N4OS2/c1-9-14-11(8-20-9)7-12(18)16-17-13(19)15-10-5-3-2-4-6-10/h8,10H,2-7H2,1H3,(H,16,18)(H2,15,17,19). The fraction of sp³-hybridized carbons (Fsp3) is 0.615. The van der Waals surface area contributed by atoms with Crippen LogP contribution in [0.3, 0.4) is 0 Å². The summed E-state index contributed by atoms with van der Waals surface area (Å²) in [6, 6.07) is 0.432. The third-order valence-electron chi connectivity index (χ3n) is 3.26. The van der Waals surface area contributed by atoms with E-state index in [1.54, 1.807) is 11.3 Å². The van der Waals surface area contributed by atoms with Crippen molar-refractivity contribution in [2.75, 3.05) is 0 Å². The van der Waals surface area contributed by atoms with Crippen LogP contribution in [0.4, 0.5) is 0 Å². The lowest BCUT2D eigenvalue weighted by Gasteiger charge is -2.24. The van der Waals surface area contributed by atoms with Gasteiger partial charge in [-0.3, -0.25) is 15.6 Å². The van der Waals surface area contributed by atoms with Crippen LogP contribution in [0, 0.1) is 6.92 Å². The van der Waals surface area contributed by atoms with Crippen molar-refractivity contribution in [2.45, 2.75) is 51.5 Å². The second-order valence-electron chi connectivity index (χ2n) is 5.02. The molecule has 3 N–H and O–H groups in total. The van der Waals surface area contributed by atoms with E-state index in [0.29, 0.717) is 11.2 Å². The van der Waals surface area contributed by atoms with E-state index in [1.165, 1.54) is 19.3 Å². The third-order valence-corrected chi connectivity index (χ3v) is 4.31. The first-order chi connectivity index (χ1) is 9.63. The van der Waals surface area contributed by atoms with Crippen LogP contribution in [0.1, 0.15) is 42.8 Å². The fourth-order valence-electron chi connectivity index (χ4n) is 2.29. The van der Waals surface area contributed by atoms with Gasteiger partial charge < -0.3 is 5.32 Å². The number of aryl methyl sites for hydroxylation is 1. The van der Waals surface area contributed by atoms with Crippen LogP contribution in [-0.2, 0) is 11.2 Å². The molecule has 110 valence electrons. The van der Waals surface area contributed by atoms with Crippen molar-refractivity contribution in [2.24, 2.45) is 0 Å². The Morgan fingerprint density at radius 2 is 2.15 bits per heavy atom. The van der Waals surface area contributed by atoms with Crippen molar-refractivity contribution < 1.29 is 4.79 Å². The van der Waals surface area contributed by atoms with Crippen LogP contribution >= 0.6 is 23.6 Å². The van der Waals surface area contributed by atoms with Crippen molar-refractivity contribution >= 4 is 34.6 Å². The molecule has 20 heavy (non-hydrogen) atoms. The number of rotatable bonds is 3. The smallest absolute Gasteiger partial charge is 0.244 e. The number of hydrogen-bond acceptors (Lipinski definition) is 4. The van der Waals surface area contributed by atoms with E-state index in [-0.39, 0.29) is 12.3 Å². The number of thiazole rings is 1. The number of nitrogens with one attached hydrogen (secondary N) is 3. The largest absolute Gasteiger partial charge is 0.359 e. The Hall–Kier alpha value is -1.21. The molecule has 1 heterocycles. The van der Waals surface area contributed by atoms with Gasteiger partial charge in [0.15, 0.2) is 5.11 Å². The minimum Gasteiger partial charge on any atom is -0.359 e. The molecule has 1 saturated carbocycles. The van der Waals surface area contributed by atoms with E-state index in [0.717, 1.165) is 23.5 Å². The van der Waals surface area contributed by atoms with E-state index in [2.05, 4.69) is 21.2 Å². The van der Waals surface area contributed by atoms with Gasteiger partial charge in [-0.2, -0.15) is 0 Å². The Kier molecular flexibility index (Phi) is 5.72. The molecule has 1 amide bonds. The van der Waals surface area contributed by atoms with Crippen molar-refractivity contribution in [3.63, 3.8) is 0 Å². The van der Waals surface area contributed by atoms with Crippen molar-refractivity contribution in [3.8, 4) is 0 Å². The van der Waals surface area contributed by atoms with Gasteiger partial charge in [-0.25, -0.2) is 4.98 Å². The van der Waals surface area contributed by atoms with Crippen LogP contribution in [0.15, 0.2) is 5.38 Å². The van der Waals surface area contributed by atoms with Crippen LogP contribution in [0.5, 0.6) is 0 Å². The monoisotopic (exact) mass is 312 g/mol. The van der Waals surface area contributed by atoms with E-state index in [4.69, 9.17) is 12.2 Å². The number of thiocarbonyl (C=S) groups is 1. The Labute approximate surface area is 128 Å². The van der Waals surface area contributed by atoms with E-state index >= 15 is 0 Å². The molecule has 1 aliphatic rings. The van der Waals surface area contributed by atoms with Gasteiger partial charge in [0.2, 0.25) is 5.91 Å². The molecule has 0 bridgehead atoms. The highest BCUT2D eigenvalue weighted by atomic mass is 32.1. The summed E-state index contributed by atoms with van der Waals surface area (Å²) < 4.78 is 0. The molecular weight excluding hydrogens is 292 g/mol. The summed E-state index contributed by atoms with van der Waals surface area (Å²) in [5.74, 6) is -0.136. The topological polar surface area (TPSA) is 66.0 Å². The second-order valence-corrected chi connectivity index (χ2v) is 6.49. The van der Waals surface area contributed by atoms with Crippen LogP contribution in [-0.4, -0.2) is 22.0 Å². The molecule has 0 radical (unpaired) electrons. The first-order valence-electron chi connectivity index (χ1n) is 6.90. The molecule has 7 heteroatoms. The van der Waals surface area contributed by atoms with Crippen LogP contribution in [0.25, 0.3) is 0 Å². The molecule has 1 aromatic heterocycles. The molecule has 5 nitrogen and oxygen atoms in total. The number of aromatic nitrogens is 1. The maximum absolute atomic E-state index is 11.7. The Morgan fingerprint density at radius 3 is 2.80 bits per heavy atom. The molecular formula is C13H20N4OS2. The molecule has 0 atom stereocenters. The average molecular weight is 312 g/mol. The van der Waals surface area contributed by atoms with Gasteiger partial charge >= 0.3 is 0 Å². The summed E-state index contributed by atoms with van der Waals surface area (Å²) in [4.78, 5) is 16.0. The molecule has 0 unspecified atom stereocenters. The maximum atomic E-state index is 11.7. The highest BCUT2D eigenvalue weighted by molar-refractivity contribution is 7.80. The number of hydrogen-bond donors (Lipinski definition) is 3. The molecule has 0 aliphatic heterocycles. The van der Waals surface area contributed by atoms with Gasteiger partial charge in [-0.15, -0.1) is 11.3 Å². The number of carbonyl (C=O) groups is 1. The molecule has 0 spiro atoms. The summed E-state index contributed by atoms with van der Waals surface area (Å²) in [5.41, 5.74) is 6.14. The van der Waals surface area contributed by atoms with Gasteiger partial charge in [0.1, 0.15) is 0 Å². The average Bonchev–Trinajstić information content (AvgIpc) is 2.83. The zero-order valence-corrected chi connectivity index (χ0v) is 13.2. The Morgan fingerprint density at radius 1 is 1.40 bits per heavy atom. The minimum absolute atomic E-state index is 0.136. The van der Waals surface area contributed by atoms with Crippen LogP contribution < -0.4 is 16.2 Å². The lowest BCUT2D eigenvalue weighted by atomic mass is 9.96. The number of amides is 1. The molecule has 1 aromatic rings. The van der Waals surface area contributed by atoms with Gasteiger partial charge in [-0.1, -0.05) is 19.3 Å². The van der Waals surface area contributed by atoms with Crippen molar-refractivity contribution in [1.82, 2.24) is 21.2 Å². The fourth-order valence-corrected chi connectivity index (χ4v) is 3.12. The molecule has 1 fully saturated rings. The van der Waals surface area contributed by atoms with Crippen LogP contribution in [0.2, 0.25) is 0 Å². The van der Waals surface area contributed by atoms with Gasteiger partial charge in [0, 0.05) is 11.4 Å². The molecule has 0 saturated heterocycles. The SMILES string of the molecule is Cc1nc(CC(=O)NNC(=S)NC2CCCCC2)cs1. The van der Waals surface area contributed by atoms with Crippen molar-refractivity contribution in [1.29, 1.82) is 0 Å². The molecule has 0 aromatic carbocycles. The predicted octanol–water partition coefficient (Wildman–Crippen LogP) is 1.82. The number of nitrogens with zero attached hydrogens (tertiary/aromatic N) is 1. The number of carbonyl (C=O) groups excluding carboxylic acids is 1. The lowest BCUT2D eigenvalue weighted by molar-refractivity contribution is -0.121. The molecule has 1 aliphatic carbocycles. The molecule has 2 rings (SSSR count). The van der Waals surface area contributed by atoms with Gasteiger partial charge in [0.25, 0.3) is 0 Å². The van der Waals surface area contributed by atoms with E-state index in [9.17, 15) is 4.79 Å². The summed E-state index contributed by atoms with van der Waals surface area (Å²) in [6.07, 6.45) is 6.36. The maximum Gasteiger partial charge on any atom is 0.244 e. The predicted molar refractivity (Wildman–Crippen MR) is 84.4 cm³/mol. The summed E-state index contributed by atoms with van der Waals surface area (Å²) in [5, 5.41) is 6.58. The quantitative estimate of drug-likeness (QED) is 0.587. The van der Waals surface area contributed by atoms with E-state index in [1.807, 2.05) is 12.3 Å². The summed E-state index contributed by atoms with van der Waals surface area (Å²) in [7, 11) is 0. The Bertz CT molecular complexity index is 469. The van der Waals surface area contributed by atoms with Gasteiger partial charge in [-0.05, 0) is 32.0 Å². The highest BCUT2D eigenvalue weighted by Crippen LogP contribution is 2.17. The first-order valence-corrected chi connectivity index (χ1v) is 8.18. The minimum atomic E-state index is -0.136. The highest BCUT2D eigenvalue weighted by Gasteiger charge is 2.14. The summed E-state index contributed by atoms with van der Waals surface area (Å²) >= 11 is 6.72. The van der Waals surface area contributed by atoms with E-state index < -0.39 is 0 Å². The zero-order valence-electron chi connectivity index (χ0n) is 11.6. The lowest BCUT2D eigenvalue weighted by Crippen LogP contribution is -2.50. The number of hydrazine groups is 1. The third kappa shape index (κ3) is 5.05. The van der Waals surface area contributed by atoms with Crippen molar-refractivity contribution in [3.05, 3.63) is 16.1 Å². The summed E-state index contributed by atoms with van der Waals surface area (Å²) in [6.45, 7) is 1.92. The normalized spacial score (nSPS) is 15.7. The second kappa shape index (κ2) is 7.54. The van der Waals surface area contributed by atoms with Gasteiger partial charge in [0.05, 0.1) is 17.1 Å². The Balaban J connectivity index is 1.66. The zero-order chi connectivity index (χ0) is 14.4. The first kappa shape index (κ1) is 15.2.